The maximum Gasteiger partial charge on any atom is 0.402 e. The normalized spacial score (nSPS) is 13.6. The predicted octanol–water partition coefficient (Wildman–Crippen LogP) is 1.15. The summed E-state index contributed by atoms with van der Waals surface area (Å²) in [4.78, 5) is 0. The minimum Gasteiger partial charge on any atom is -1.00 e. The van der Waals surface area contributed by atoms with Gasteiger partial charge in [0.2, 0.25) is 6.23 Å². The Labute approximate surface area is 154 Å². The molecule has 0 aliphatic heterocycles. The van der Waals surface area contributed by atoms with Crippen LogP contribution in [0.2, 0.25) is 0 Å². The topological polar surface area (TPSA) is 63.6 Å². The van der Waals surface area contributed by atoms with E-state index in [-0.39, 0.29) is 17.0 Å². The van der Waals surface area contributed by atoms with Crippen molar-refractivity contribution in [1.82, 2.24) is 0 Å². The van der Waals surface area contributed by atoms with Gasteiger partial charge in [-0.15, -0.1) is 0 Å². The van der Waals surface area contributed by atoms with E-state index < -0.39 is 16.6 Å². The van der Waals surface area contributed by atoms with Crippen molar-refractivity contribution in [2.24, 2.45) is 0 Å². The lowest BCUT2D eigenvalue weighted by Crippen LogP contribution is -3.00. The van der Waals surface area contributed by atoms with Crippen molar-refractivity contribution >= 4 is 10.4 Å². The van der Waals surface area contributed by atoms with Crippen LogP contribution >= 0.6 is 0 Å². The molecule has 1 unspecified atom stereocenters. The van der Waals surface area contributed by atoms with E-state index in [0.29, 0.717) is 4.48 Å². The summed E-state index contributed by atoms with van der Waals surface area (Å²) in [5, 5.41) is 0. The lowest BCUT2D eigenvalue weighted by Gasteiger charge is -2.34. The average Bonchev–Trinajstić information content (AvgIpc) is 2.39. The fourth-order valence-corrected chi connectivity index (χ4v) is 3.07. The van der Waals surface area contributed by atoms with Crippen LogP contribution in [-0.4, -0.2) is 44.3 Å². The van der Waals surface area contributed by atoms with Gasteiger partial charge >= 0.3 is 10.4 Å². The highest BCUT2D eigenvalue weighted by molar-refractivity contribution is 7.80. The Bertz CT molecular complexity index is 374. The molecule has 7 heteroatoms. The van der Waals surface area contributed by atoms with Gasteiger partial charge in [0.25, 0.3) is 0 Å². The van der Waals surface area contributed by atoms with Gasteiger partial charge in [0.15, 0.2) is 0 Å². The molecule has 0 spiro atoms. The summed E-state index contributed by atoms with van der Waals surface area (Å²) >= 11 is 0. The molecule has 0 aliphatic rings. The van der Waals surface area contributed by atoms with Crippen molar-refractivity contribution in [3.05, 3.63) is 0 Å². The van der Waals surface area contributed by atoms with E-state index in [0.717, 1.165) is 19.4 Å². The van der Waals surface area contributed by atoms with E-state index in [4.69, 9.17) is 4.55 Å². The molecule has 0 heterocycles. The minimum atomic E-state index is -4.37. The molecular formula is C16H36BrNO4S. The molecule has 0 bridgehead atoms. The van der Waals surface area contributed by atoms with Crippen molar-refractivity contribution in [2.45, 2.75) is 84.3 Å². The molecule has 0 saturated heterocycles. The Kier molecular flexibility index (Phi) is 15.1. The van der Waals surface area contributed by atoms with Crippen LogP contribution in [-0.2, 0) is 14.6 Å². The number of hydrogen-bond acceptors (Lipinski definition) is 3. The van der Waals surface area contributed by atoms with Gasteiger partial charge in [0.05, 0.1) is 20.6 Å². The summed E-state index contributed by atoms with van der Waals surface area (Å²) in [6, 6.07) is 0. The molecule has 1 N–H and O–H groups in total. The maximum absolute atomic E-state index is 10.8. The smallest absolute Gasteiger partial charge is 0.402 e. The Morgan fingerprint density at radius 2 is 1.30 bits per heavy atom. The van der Waals surface area contributed by atoms with Crippen molar-refractivity contribution in [2.75, 3.05) is 20.6 Å². The van der Waals surface area contributed by atoms with Gasteiger partial charge in [0.1, 0.15) is 0 Å². The third kappa shape index (κ3) is 15.6. The molecular weight excluding hydrogens is 382 g/mol. The lowest BCUT2D eigenvalue weighted by molar-refractivity contribution is -0.931. The SMILES string of the molecule is CCCCCCCCCCCC[N+](C)(C)C(C)OS(=O)(=O)O.[Br-]. The van der Waals surface area contributed by atoms with E-state index in [9.17, 15) is 8.42 Å². The zero-order valence-electron chi connectivity index (χ0n) is 15.3. The Morgan fingerprint density at radius 1 is 0.913 bits per heavy atom. The van der Waals surface area contributed by atoms with Gasteiger partial charge in [0, 0.05) is 6.92 Å². The van der Waals surface area contributed by atoms with Crippen LogP contribution < -0.4 is 17.0 Å². The molecule has 0 aliphatic carbocycles. The second-order valence-electron chi connectivity index (χ2n) is 6.81. The largest absolute Gasteiger partial charge is 1.00 e. The second-order valence-corrected chi connectivity index (χ2v) is 7.86. The van der Waals surface area contributed by atoms with Crippen molar-refractivity contribution in [1.29, 1.82) is 0 Å². The highest BCUT2D eigenvalue weighted by Crippen LogP contribution is 2.15. The Morgan fingerprint density at radius 3 is 1.70 bits per heavy atom. The first-order chi connectivity index (χ1) is 10.2. The summed E-state index contributed by atoms with van der Waals surface area (Å²) in [7, 11) is -0.534. The predicted molar refractivity (Wildman–Crippen MR) is 90.9 cm³/mol. The number of quaternary nitrogens is 1. The number of nitrogens with zero attached hydrogens (tertiary/aromatic N) is 1. The first-order valence-electron chi connectivity index (χ1n) is 8.67. The van der Waals surface area contributed by atoms with Crippen LogP contribution in [0, 0.1) is 0 Å². The number of hydrogen-bond donors (Lipinski definition) is 1. The van der Waals surface area contributed by atoms with Gasteiger partial charge in [-0.2, -0.15) is 12.6 Å². The van der Waals surface area contributed by atoms with Crippen LogP contribution in [0.25, 0.3) is 0 Å². The zero-order valence-corrected chi connectivity index (χ0v) is 17.7. The number of rotatable bonds is 14. The molecule has 142 valence electrons. The summed E-state index contributed by atoms with van der Waals surface area (Å²) < 4.78 is 35.3. The molecule has 0 aromatic carbocycles. The van der Waals surface area contributed by atoms with E-state index in [2.05, 4.69) is 11.1 Å². The second kappa shape index (κ2) is 13.6. The highest BCUT2D eigenvalue weighted by Gasteiger charge is 2.28. The van der Waals surface area contributed by atoms with E-state index >= 15 is 0 Å². The molecule has 0 rings (SSSR count). The van der Waals surface area contributed by atoms with Gasteiger partial charge in [-0.25, -0.2) is 0 Å². The molecule has 0 fully saturated rings. The third-order valence-corrected chi connectivity index (χ3v) is 4.85. The first-order valence-corrected chi connectivity index (χ1v) is 10.0. The zero-order chi connectivity index (χ0) is 17.1. The molecule has 0 aromatic rings. The fourth-order valence-electron chi connectivity index (χ4n) is 2.48. The quantitative estimate of drug-likeness (QED) is 0.199. The van der Waals surface area contributed by atoms with E-state index in [1.165, 1.54) is 51.4 Å². The Balaban J connectivity index is 0. The Hall–Kier alpha value is 0.310. The molecule has 0 amide bonds. The number of unbranched alkanes of at least 4 members (excludes halogenated alkanes) is 9. The molecule has 0 saturated carbocycles. The summed E-state index contributed by atoms with van der Waals surface area (Å²) in [5.74, 6) is 0. The highest BCUT2D eigenvalue weighted by atomic mass is 79.9. The van der Waals surface area contributed by atoms with Crippen LogP contribution in [0.3, 0.4) is 0 Å². The molecule has 23 heavy (non-hydrogen) atoms. The van der Waals surface area contributed by atoms with E-state index in [1.54, 1.807) is 6.92 Å². The first kappa shape index (κ1) is 25.5. The fraction of sp³-hybridized carbons (Fsp3) is 1.00. The molecule has 0 radical (unpaired) electrons. The van der Waals surface area contributed by atoms with Crippen molar-refractivity contribution in [3.63, 3.8) is 0 Å². The molecule has 0 aromatic heterocycles. The van der Waals surface area contributed by atoms with Gasteiger partial charge in [-0.05, 0) is 12.8 Å². The van der Waals surface area contributed by atoms with E-state index in [1.807, 2.05) is 14.1 Å². The molecule has 1 atom stereocenters. The monoisotopic (exact) mass is 417 g/mol. The number of halogens is 1. The maximum atomic E-state index is 10.8. The van der Waals surface area contributed by atoms with Crippen LogP contribution in [0.15, 0.2) is 0 Å². The average molecular weight is 418 g/mol. The lowest BCUT2D eigenvalue weighted by atomic mass is 10.1. The van der Waals surface area contributed by atoms with Crippen molar-refractivity contribution in [3.8, 4) is 0 Å². The van der Waals surface area contributed by atoms with Crippen LogP contribution in [0.4, 0.5) is 0 Å². The van der Waals surface area contributed by atoms with Gasteiger partial charge < -0.3 is 21.5 Å². The molecule has 5 nitrogen and oxygen atoms in total. The summed E-state index contributed by atoms with van der Waals surface area (Å²) in [6.07, 6.45) is 12.2. The van der Waals surface area contributed by atoms with Crippen LogP contribution in [0.1, 0.15) is 78.1 Å². The third-order valence-electron chi connectivity index (χ3n) is 4.33. The summed E-state index contributed by atoms with van der Waals surface area (Å²) in [5.41, 5.74) is 0. The summed E-state index contributed by atoms with van der Waals surface area (Å²) in [6.45, 7) is 4.75. The van der Waals surface area contributed by atoms with Crippen molar-refractivity contribution < 1.29 is 38.6 Å². The standard InChI is InChI=1S/C16H35NO4S.BrH/c1-5-6-7-8-9-10-11-12-13-14-15-17(3,4)16(2)21-22(18,19)20;/h16H,5-15H2,1-4H3;1H. The minimum absolute atomic E-state index is 0. The van der Waals surface area contributed by atoms with Crippen LogP contribution in [0.5, 0.6) is 0 Å². The van der Waals surface area contributed by atoms with Gasteiger partial charge in [-0.3, -0.25) is 4.55 Å². The van der Waals surface area contributed by atoms with Gasteiger partial charge in [-0.1, -0.05) is 58.3 Å².